The highest BCUT2D eigenvalue weighted by Gasteiger charge is 2.35. The second-order valence-electron chi connectivity index (χ2n) is 8.08. The fourth-order valence-electron chi connectivity index (χ4n) is 4.18. The van der Waals surface area contributed by atoms with Crippen LogP contribution in [0.2, 0.25) is 0 Å². The van der Waals surface area contributed by atoms with E-state index in [2.05, 4.69) is 33.6 Å². The van der Waals surface area contributed by atoms with E-state index in [0.29, 0.717) is 18.0 Å². The molecule has 2 aromatic carbocycles. The summed E-state index contributed by atoms with van der Waals surface area (Å²) in [4.78, 5) is 18.8. The first-order valence-corrected chi connectivity index (χ1v) is 11.4. The maximum Gasteiger partial charge on any atom is 0.300 e. The minimum absolute atomic E-state index is 0.124. The largest absolute Gasteiger partial charge is 0.493 e. The number of hydrogen-bond acceptors (Lipinski definition) is 6. The van der Waals surface area contributed by atoms with Crippen molar-refractivity contribution in [1.29, 1.82) is 0 Å². The number of amides is 1. The third-order valence-electron chi connectivity index (χ3n) is 5.63. The maximum absolute atomic E-state index is 11.8. The summed E-state index contributed by atoms with van der Waals surface area (Å²) in [5, 5.41) is 4.24. The van der Waals surface area contributed by atoms with Crippen LogP contribution in [0.4, 0.5) is 10.5 Å². The standard InChI is InChI=1S/C24H28N4O3S/c1-6-25-22(17-8-10-19(30-4)20(14-17)31-5)28-12-11-15-13-16(7-9-18(15)28)21-24(2,3)32-23(29)27-26-21/h7-10,13-14H,6,11-12H2,1-5H3,(H,27,29). The Kier molecular flexibility index (Phi) is 6.15. The van der Waals surface area contributed by atoms with E-state index in [1.165, 1.54) is 17.3 Å². The number of methoxy groups -OCH3 is 2. The van der Waals surface area contributed by atoms with Gasteiger partial charge in [0.15, 0.2) is 11.5 Å². The van der Waals surface area contributed by atoms with Crippen LogP contribution in [0.15, 0.2) is 46.5 Å². The molecule has 32 heavy (non-hydrogen) atoms. The number of thioether (sulfide) groups is 1. The van der Waals surface area contributed by atoms with E-state index in [-0.39, 0.29) is 9.99 Å². The number of hydrogen-bond donors (Lipinski definition) is 1. The van der Waals surface area contributed by atoms with Crippen molar-refractivity contribution >= 4 is 34.2 Å². The fourth-order valence-corrected chi connectivity index (χ4v) is 4.99. The average Bonchev–Trinajstić information content (AvgIpc) is 3.19. The Labute approximate surface area is 192 Å². The Balaban J connectivity index is 1.69. The van der Waals surface area contributed by atoms with E-state index >= 15 is 0 Å². The predicted molar refractivity (Wildman–Crippen MR) is 131 cm³/mol. The number of carbonyl (C=O) groups excluding carboxylic acids is 1. The highest BCUT2D eigenvalue weighted by atomic mass is 32.2. The highest BCUT2D eigenvalue weighted by molar-refractivity contribution is 8.15. The monoisotopic (exact) mass is 452 g/mol. The van der Waals surface area contributed by atoms with Crippen molar-refractivity contribution in [2.75, 3.05) is 32.2 Å². The third-order valence-corrected chi connectivity index (χ3v) is 6.61. The summed E-state index contributed by atoms with van der Waals surface area (Å²) >= 11 is 1.26. The van der Waals surface area contributed by atoms with Crippen molar-refractivity contribution in [3.8, 4) is 11.5 Å². The number of fused-ring (bicyclic) bond motifs is 1. The first kappa shape index (κ1) is 22.2. The smallest absolute Gasteiger partial charge is 0.300 e. The van der Waals surface area contributed by atoms with Crippen LogP contribution in [-0.2, 0) is 6.42 Å². The molecule has 0 aliphatic carbocycles. The minimum Gasteiger partial charge on any atom is -0.493 e. The van der Waals surface area contributed by atoms with Gasteiger partial charge in [-0.15, -0.1) is 0 Å². The van der Waals surface area contributed by atoms with E-state index in [9.17, 15) is 4.79 Å². The topological polar surface area (TPSA) is 75.5 Å². The van der Waals surface area contributed by atoms with Gasteiger partial charge in [0.25, 0.3) is 5.24 Å². The number of carbonyl (C=O) groups is 1. The Morgan fingerprint density at radius 1 is 1.19 bits per heavy atom. The molecule has 1 N–H and O–H groups in total. The van der Waals surface area contributed by atoms with E-state index in [4.69, 9.17) is 14.5 Å². The van der Waals surface area contributed by atoms with Crippen LogP contribution in [0.25, 0.3) is 0 Å². The summed E-state index contributed by atoms with van der Waals surface area (Å²) in [5.41, 5.74) is 7.88. The number of ether oxygens (including phenoxy) is 2. The molecule has 1 amide bonds. The zero-order valence-electron chi connectivity index (χ0n) is 19.1. The van der Waals surface area contributed by atoms with Gasteiger partial charge in [-0.1, -0.05) is 17.8 Å². The Morgan fingerprint density at radius 2 is 1.97 bits per heavy atom. The summed E-state index contributed by atoms with van der Waals surface area (Å²) in [5.74, 6) is 2.29. The Bertz CT molecular complexity index is 1110. The van der Waals surface area contributed by atoms with E-state index in [1.54, 1.807) is 14.2 Å². The van der Waals surface area contributed by atoms with Crippen LogP contribution < -0.4 is 19.8 Å². The van der Waals surface area contributed by atoms with Crippen LogP contribution in [-0.4, -0.2) is 48.8 Å². The molecular formula is C24H28N4O3S. The molecule has 0 atom stereocenters. The number of anilines is 1. The van der Waals surface area contributed by atoms with Gasteiger partial charge in [0.05, 0.1) is 24.7 Å². The minimum atomic E-state index is -0.386. The highest BCUT2D eigenvalue weighted by Crippen LogP contribution is 2.36. The van der Waals surface area contributed by atoms with Crippen molar-refractivity contribution < 1.29 is 14.3 Å². The third kappa shape index (κ3) is 4.07. The molecule has 8 heteroatoms. The van der Waals surface area contributed by atoms with Gasteiger partial charge in [0.1, 0.15) is 5.84 Å². The molecule has 168 valence electrons. The second kappa shape index (κ2) is 8.86. The summed E-state index contributed by atoms with van der Waals surface area (Å²) in [7, 11) is 3.27. The fraction of sp³-hybridized carbons (Fsp3) is 0.375. The number of nitrogens with one attached hydrogen (secondary N) is 1. The molecule has 0 saturated heterocycles. The van der Waals surface area contributed by atoms with Crippen molar-refractivity contribution in [3.05, 3.63) is 53.1 Å². The Hall–Kier alpha value is -3.00. The van der Waals surface area contributed by atoms with Crippen LogP contribution >= 0.6 is 11.8 Å². The molecule has 0 aromatic heterocycles. The van der Waals surface area contributed by atoms with Crippen LogP contribution in [0, 0.1) is 0 Å². The molecule has 0 radical (unpaired) electrons. The molecule has 0 fully saturated rings. The van der Waals surface area contributed by atoms with Crippen molar-refractivity contribution in [3.63, 3.8) is 0 Å². The molecule has 0 unspecified atom stereocenters. The van der Waals surface area contributed by atoms with Gasteiger partial charge >= 0.3 is 0 Å². The Morgan fingerprint density at radius 3 is 2.66 bits per heavy atom. The lowest BCUT2D eigenvalue weighted by Crippen LogP contribution is -2.38. The van der Waals surface area contributed by atoms with Gasteiger partial charge in [-0.25, -0.2) is 5.43 Å². The number of nitrogens with zero attached hydrogens (tertiary/aromatic N) is 3. The second-order valence-corrected chi connectivity index (χ2v) is 9.68. The van der Waals surface area contributed by atoms with Crippen LogP contribution in [0.1, 0.15) is 37.5 Å². The van der Waals surface area contributed by atoms with Crippen molar-refractivity contribution in [2.24, 2.45) is 10.1 Å². The van der Waals surface area contributed by atoms with Gasteiger partial charge < -0.3 is 14.4 Å². The molecule has 2 aliphatic rings. The quantitative estimate of drug-likeness (QED) is 0.535. The lowest BCUT2D eigenvalue weighted by molar-refractivity contribution is 0.260. The maximum atomic E-state index is 11.8. The van der Waals surface area contributed by atoms with Gasteiger partial charge in [-0.05, 0) is 68.7 Å². The number of rotatable bonds is 5. The van der Waals surface area contributed by atoms with E-state index in [1.807, 2.05) is 39.0 Å². The van der Waals surface area contributed by atoms with Crippen molar-refractivity contribution in [1.82, 2.24) is 5.43 Å². The summed E-state index contributed by atoms with van der Waals surface area (Å²) < 4.78 is 10.5. The predicted octanol–water partition coefficient (Wildman–Crippen LogP) is 4.47. The number of benzene rings is 2. The molecule has 0 saturated carbocycles. The molecule has 2 aliphatic heterocycles. The molecule has 2 aromatic rings. The molecular weight excluding hydrogens is 424 g/mol. The zero-order valence-corrected chi connectivity index (χ0v) is 19.9. The molecule has 2 heterocycles. The lowest BCUT2D eigenvalue weighted by Gasteiger charge is -2.29. The van der Waals surface area contributed by atoms with Gasteiger partial charge in [0.2, 0.25) is 0 Å². The summed E-state index contributed by atoms with van der Waals surface area (Å²) in [6, 6.07) is 12.3. The van der Waals surface area contributed by atoms with Gasteiger partial charge in [-0.2, -0.15) is 5.10 Å². The first-order valence-electron chi connectivity index (χ1n) is 10.6. The zero-order chi connectivity index (χ0) is 22.9. The van der Waals surface area contributed by atoms with Crippen LogP contribution in [0.5, 0.6) is 11.5 Å². The molecule has 0 bridgehead atoms. The number of amidine groups is 1. The summed E-state index contributed by atoms with van der Waals surface area (Å²) in [6.07, 6.45) is 0.909. The molecule has 0 spiro atoms. The number of aliphatic imine (C=N–C) groups is 1. The summed E-state index contributed by atoms with van der Waals surface area (Å²) in [6.45, 7) is 7.61. The van der Waals surface area contributed by atoms with Crippen molar-refractivity contribution in [2.45, 2.75) is 31.9 Å². The molecule has 4 rings (SSSR count). The van der Waals surface area contributed by atoms with E-state index in [0.717, 1.165) is 41.3 Å². The molecule has 7 nitrogen and oxygen atoms in total. The van der Waals surface area contributed by atoms with Gasteiger partial charge in [0, 0.05) is 24.3 Å². The first-order chi connectivity index (χ1) is 15.4. The average molecular weight is 453 g/mol. The SMILES string of the molecule is CCN=C(c1ccc(OC)c(OC)c1)N1CCc2cc(C3=NNC(=O)SC3(C)C)ccc21. The van der Waals surface area contributed by atoms with E-state index < -0.39 is 0 Å². The van der Waals surface area contributed by atoms with Crippen LogP contribution in [0.3, 0.4) is 0 Å². The number of hydrazone groups is 1. The van der Waals surface area contributed by atoms with Gasteiger partial charge in [-0.3, -0.25) is 9.79 Å². The normalized spacial score (nSPS) is 17.5. The lowest BCUT2D eigenvalue weighted by atomic mass is 9.96.